The molecule has 3 fully saturated rings. The van der Waals surface area contributed by atoms with Gasteiger partial charge in [-0.2, -0.15) is 11.8 Å². The van der Waals surface area contributed by atoms with Crippen LogP contribution in [0.1, 0.15) is 123 Å². The number of Topliss-reactive ketones (excluding diaryl/α,β-unsaturated/α-hetero) is 1. The zero-order chi connectivity index (χ0) is 69.4. The predicted octanol–water partition coefficient (Wildman–Crippen LogP) is 6.97. The van der Waals surface area contributed by atoms with E-state index in [2.05, 4.69) is 63.1 Å². The van der Waals surface area contributed by atoms with Crippen molar-refractivity contribution in [1.29, 1.82) is 0 Å². The summed E-state index contributed by atoms with van der Waals surface area (Å²) in [6.07, 6.45) is -2.36. The summed E-state index contributed by atoms with van der Waals surface area (Å²) >= 11 is 1.73. The SMILES string of the molecule is CC(=O)O[C@@]12CO[C@@H]1C[C@H](O)[C@@]1(C)C(=O)[C@H](O)C3=C(C)[C@@H](OC(=O)[C@H](O)[C@@H](NC(=O)CCCCCNC(=O)CCSCC[Si]4(C)C5=CC(=[N+](C)C)C=CC5=C(c5ccccc5C(=O)O)c5ccc(N(C)C)cc54)c4ccccc4)C[C@@](O)([C@@H](OC(=O)c4ccccc4)C12)C3(C)C. The number of amides is 2. The number of carbonyl (C=O) groups excluding carboxylic acids is 6. The van der Waals surface area contributed by atoms with Crippen LogP contribution in [0.2, 0.25) is 12.6 Å². The largest absolute Gasteiger partial charge is 0.478 e. The van der Waals surface area contributed by atoms with Crippen LogP contribution in [-0.2, 0) is 42.9 Å². The van der Waals surface area contributed by atoms with Crippen molar-refractivity contribution in [2.24, 2.45) is 16.7 Å². The Balaban J connectivity index is 0.769. The molecule has 2 bridgehead atoms. The molecular weight excluding hydrogens is 1260 g/mol. The second-order valence-electron chi connectivity index (χ2n) is 27.6. The van der Waals surface area contributed by atoms with Crippen LogP contribution in [0.3, 0.4) is 0 Å². The number of esters is 3. The first-order valence-corrected chi connectivity index (χ1v) is 36.7. The quantitative estimate of drug-likeness (QED) is 0.00986. The van der Waals surface area contributed by atoms with E-state index in [1.807, 2.05) is 40.3 Å². The van der Waals surface area contributed by atoms with E-state index in [9.17, 15) is 54.3 Å². The maximum absolute atomic E-state index is 15.2. The van der Waals surface area contributed by atoms with Gasteiger partial charge in [-0.3, -0.25) is 19.2 Å². The number of nitrogens with zero attached hydrogens (tertiary/aromatic N) is 2. The molecule has 4 aromatic rings. The van der Waals surface area contributed by atoms with E-state index >= 15 is 4.79 Å². The standard InChI is InChI=1S/C74H88N4O16SSi/c1-43-53(41-74(90)67(93-69(88)46-24-16-12-17-25-46)65-72(5,66(85)63(83)61(43)71(74,3)4)56(80)40-57-73(65,42-91-57)94-44(2)79)92-70(89)64(84)62(45-22-14-11-15-23-45)76-59(82)28-18-13-21-34-75-58(81)33-35-95-36-37-96(10)54-38-47(77(6)7)29-31-51(54)60(49-26-19-20-27-50(49)68(86)87)52-32-30-48(78(8)9)39-55(52)96/h11-12,14-17,19-20,22-27,29-32,38-39,53,56-57,62-65,67,80,83-84,90H,13,18,21,28,33-37,40-42H2,1-10H3,(H2-,75,76,81,82,86,87)/p+1/t53-,56-,57+,62-,63+,64+,65?,67-,72+,73-,74+/m0/s1. The lowest BCUT2D eigenvalue weighted by molar-refractivity contribution is -0.462. The molecule has 0 aromatic heterocycles. The number of ketones is 1. The molecule has 1 saturated heterocycles. The van der Waals surface area contributed by atoms with Crippen molar-refractivity contribution >= 4 is 83.5 Å². The van der Waals surface area contributed by atoms with Gasteiger partial charge in [0.25, 0.3) is 0 Å². The summed E-state index contributed by atoms with van der Waals surface area (Å²) in [6.45, 7) is 9.65. The Morgan fingerprint density at radius 3 is 2.20 bits per heavy atom. The monoisotopic (exact) mass is 1350 g/mol. The molecule has 2 saturated carbocycles. The first-order valence-electron chi connectivity index (χ1n) is 32.8. The van der Waals surface area contributed by atoms with Gasteiger partial charge in [0.2, 0.25) is 11.8 Å². The molecule has 4 aromatic carbocycles. The van der Waals surface area contributed by atoms with Gasteiger partial charge in [-0.25, -0.2) is 19.0 Å². The number of hydrogen-bond acceptors (Lipinski definition) is 17. The van der Waals surface area contributed by atoms with E-state index in [1.165, 1.54) is 36.4 Å². The number of allylic oxidation sites excluding steroid dienone is 5. The molecule has 2 aliphatic heterocycles. The van der Waals surface area contributed by atoms with E-state index in [0.29, 0.717) is 49.1 Å². The first-order chi connectivity index (χ1) is 45.5. The molecule has 7 N–H and O–H groups in total. The highest BCUT2D eigenvalue weighted by Gasteiger charge is 2.78. The lowest BCUT2D eigenvalue weighted by atomic mass is 9.44. The van der Waals surface area contributed by atoms with Gasteiger partial charge in [0.05, 0.1) is 41.2 Å². The lowest BCUT2D eigenvalue weighted by Gasteiger charge is -2.67. The average molecular weight is 1350 g/mol. The molecule has 0 radical (unpaired) electrons. The highest BCUT2D eigenvalue weighted by Crippen LogP contribution is 2.64. The third kappa shape index (κ3) is 13.1. The number of anilines is 1. The van der Waals surface area contributed by atoms with E-state index in [0.717, 1.165) is 46.8 Å². The average Bonchev–Trinajstić information content (AvgIpc) is 0.671. The molecule has 22 heteroatoms. The van der Waals surface area contributed by atoms with Gasteiger partial charge in [-0.15, -0.1) is 0 Å². The molecule has 2 unspecified atom stereocenters. The van der Waals surface area contributed by atoms with Crippen LogP contribution in [0.25, 0.3) is 5.57 Å². The number of aromatic carboxylic acids is 1. The van der Waals surface area contributed by atoms with Crippen molar-refractivity contribution in [1.82, 2.24) is 10.6 Å². The second kappa shape index (κ2) is 28.3. The summed E-state index contributed by atoms with van der Waals surface area (Å²) < 4.78 is 26.6. The number of carbonyl (C=O) groups is 7. The maximum atomic E-state index is 15.2. The van der Waals surface area contributed by atoms with E-state index in [-0.39, 0.29) is 47.6 Å². The third-order valence-electron chi connectivity index (χ3n) is 21.0. The highest BCUT2D eigenvalue weighted by atomic mass is 32.2. The van der Waals surface area contributed by atoms with Gasteiger partial charge in [0.15, 0.2) is 23.2 Å². The molecule has 10 rings (SSSR count). The van der Waals surface area contributed by atoms with Crippen molar-refractivity contribution < 1.29 is 82.6 Å². The number of unbranched alkanes of at least 4 members (excludes halogenated alkanes) is 2. The molecule has 510 valence electrons. The van der Waals surface area contributed by atoms with Gasteiger partial charge in [0, 0.05) is 82.3 Å². The van der Waals surface area contributed by atoms with Gasteiger partial charge in [0.1, 0.15) is 52.2 Å². The Morgan fingerprint density at radius 1 is 0.854 bits per heavy atom. The molecule has 2 amide bonds. The molecule has 20 nitrogen and oxygen atoms in total. The van der Waals surface area contributed by atoms with E-state index < -0.39 is 121 Å². The topological polar surface area (TPSA) is 288 Å². The molecule has 6 aliphatic rings. The van der Waals surface area contributed by atoms with Gasteiger partial charge in [-0.05, 0) is 124 Å². The minimum Gasteiger partial charge on any atom is -0.478 e. The zero-order valence-corrected chi connectivity index (χ0v) is 58.0. The van der Waals surface area contributed by atoms with E-state index in [1.54, 1.807) is 86.3 Å². The number of rotatable bonds is 23. The van der Waals surface area contributed by atoms with Crippen LogP contribution in [0.5, 0.6) is 0 Å². The fraction of sp³-hybridized carbons (Fsp3) is 0.459. The summed E-state index contributed by atoms with van der Waals surface area (Å²) in [6, 6.07) is 29.4. The van der Waals surface area contributed by atoms with Crippen LogP contribution in [0.4, 0.5) is 5.69 Å². The van der Waals surface area contributed by atoms with Crippen LogP contribution >= 0.6 is 11.8 Å². The Labute approximate surface area is 565 Å². The molecule has 4 aliphatic carbocycles. The first kappa shape index (κ1) is 71.0. The summed E-state index contributed by atoms with van der Waals surface area (Å²) in [5.41, 5.74) is -1.34. The van der Waals surface area contributed by atoms with E-state index in [4.69, 9.17) is 18.9 Å². The smallest absolute Gasteiger partial charge is 0.338 e. The third-order valence-corrected chi connectivity index (χ3v) is 26.8. The Bertz CT molecular complexity index is 3880. The zero-order valence-electron chi connectivity index (χ0n) is 56.2. The van der Waals surface area contributed by atoms with Gasteiger partial charge in [-0.1, -0.05) is 99.6 Å². The number of benzene rings is 4. The molecule has 96 heavy (non-hydrogen) atoms. The normalized spacial score (nSPS) is 27.5. The Morgan fingerprint density at radius 2 is 1.54 bits per heavy atom. The van der Waals surface area contributed by atoms with Crippen molar-refractivity contribution in [3.63, 3.8) is 0 Å². The number of nitrogens with one attached hydrogen (secondary N) is 2. The number of carboxylic acid groups (broad SMARTS) is 1. The number of aliphatic hydroxyl groups is 4. The number of fused-ring (bicyclic) bond motifs is 7. The van der Waals surface area contributed by atoms with Crippen LogP contribution in [0, 0.1) is 16.7 Å². The van der Waals surface area contributed by atoms with Gasteiger partial charge < -0.3 is 60.0 Å². The molecule has 0 spiro atoms. The van der Waals surface area contributed by atoms with Gasteiger partial charge >= 0.3 is 23.9 Å². The fourth-order valence-electron chi connectivity index (χ4n) is 15.5. The number of carboxylic acids is 1. The van der Waals surface area contributed by atoms with Crippen molar-refractivity contribution in [3.8, 4) is 0 Å². The number of aliphatic hydroxyl groups excluding tert-OH is 3. The summed E-state index contributed by atoms with van der Waals surface area (Å²) in [5.74, 6) is -5.57. The van der Waals surface area contributed by atoms with Crippen LogP contribution in [0.15, 0.2) is 143 Å². The summed E-state index contributed by atoms with van der Waals surface area (Å²) in [5, 5.41) is 68.8. The van der Waals surface area contributed by atoms with Crippen molar-refractivity contribution in [2.75, 3.05) is 57.7 Å². The summed E-state index contributed by atoms with van der Waals surface area (Å²) in [4.78, 5) is 99.0. The molecule has 2 heterocycles. The lowest BCUT2D eigenvalue weighted by Crippen LogP contribution is -2.81. The maximum Gasteiger partial charge on any atom is 0.338 e. The van der Waals surface area contributed by atoms with Crippen molar-refractivity contribution in [3.05, 3.63) is 171 Å². The minimum atomic E-state index is -2.52. The predicted molar refractivity (Wildman–Crippen MR) is 366 cm³/mol. The van der Waals surface area contributed by atoms with Crippen molar-refractivity contribution in [2.45, 2.75) is 146 Å². The number of ether oxygens (including phenoxy) is 4. The number of hydrogen-bond donors (Lipinski definition) is 7. The highest BCUT2D eigenvalue weighted by molar-refractivity contribution is 7.99. The molecule has 12 atom stereocenters. The fourth-order valence-corrected chi connectivity index (χ4v) is 21.6. The van der Waals surface area contributed by atoms with Crippen LogP contribution in [-0.4, -0.2) is 186 Å². The Hall–Kier alpha value is -7.83. The summed E-state index contributed by atoms with van der Waals surface area (Å²) in [7, 11) is 5.55. The second-order valence-corrected chi connectivity index (χ2v) is 33.0. The molecular formula is C74H89N4O16SSi+. The van der Waals surface area contributed by atoms with Crippen LogP contribution < -0.4 is 20.7 Å². The Kier molecular flexibility index (Phi) is 20.9. The minimum absolute atomic E-state index is 0.00915. The number of thioether (sulfide) groups is 1.